The maximum atomic E-state index is 12.2. The molecule has 1 fully saturated rings. The van der Waals surface area contributed by atoms with Crippen LogP contribution in [0, 0.1) is 17.3 Å². The summed E-state index contributed by atoms with van der Waals surface area (Å²) in [5.74, 6) is 0.0949. The maximum absolute atomic E-state index is 12.2. The summed E-state index contributed by atoms with van der Waals surface area (Å²) >= 11 is 0. The van der Waals surface area contributed by atoms with Gasteiger partial charge in [0.2, 0.25) is 11.8 Å². The lowest BCUT2D eigenvalue weighted by Gasteiger charge is -2.13. The van der Waals surface area contributed by atoms with Gasteiger partial charge in [-0.2, -0.15) is 0 Å². The van der Waals surface area contributed by atoms with E-state index in [9.17, 15) is 9.59 Å². The van der Waals surface area contributed by atoms with Gasteiger partial charge in [-0.1, -0.05) is 25.5 Å². The highest BCUT2D eigenvalue weighted by Crippen LogP contribution is 2.59. The minimum absolute atomic E-state index is 0.0116. The highest BCUT2D eigenvalue weighted by molar-refractivity contribution is 5.90. The summed E-state index contributed by atoms with van der Waals surface area (Å²) in [5, 5.41) is 5.51. The van der Waals surface area contributed by atoms with Gasteiger partial charge < -0.3 is 10.6 Å². The smallest absolute Gasteiger partial charge is 0.242 e. The molecule has 0 aromatic heterocycles. The number of carbonyl (C=O) groups excluding carboxylic acids is 2. The van der Waals surface area contributed by atoms with Crippen LogP contribution in [0.1, 0.15) is 41.5 Å². The Bertz CT molecular complexity index is 395. The molecule has 3 unspecified atom stereocenters. The number of carbonyl (C=O) groups is 2. The monoisotopic (exact) mass is 266 g/mol. The molecule has 0 radical (unpaired) electrons. The summed E-state index contributed by atoms with van der Waals surface area (Å²) < 4.78 is 0. The fourth-order valence-electron chi connectivity index (χ4n) is 2.54. The first-order chi connectivity index (χ1) is 8.71. The van der Waals surface area contributed by atoms with Crippen LogP contribution in [0.15, 0.2) is 11.6 Å². The quantitative estimate of drug-likeness (QED) is 0.746. The molecule has 4 heteroatoms. The third kappa shape index (κ3) is 3.58. The zero-order valence-corrected chi connectivity index (χ0v) is 12.8. The second-order valence-corrected chi connectivity index (χ2v) is 6.19. The van der Waals surface area contributed by atoms with E-state index in [1.54, 1.807) is 6.92 Å². The topological polar surface area (TPSA) is 58.2 Å². The summed E-state index contributed by atoms with van der Waals surface area (Å²) in [6.07, 6.45) is 2.15. The molecule has 0 bridgehead atoms. The second-order valence-electron chi connectivity index (χ2n) is 6.19. The predicted molar refractivity (Wildman–Crippen MR) is 76.5 cm³/mol. The van der Waals surface area contributed by atoms with Crippen molar-refractivity contribution in [1.82, 2.24) is 10.6 Å². The largest absolute Gasteiger partial charge is 0.355 e. The maximum Gasteiger partial charge on any atom is 0.242 e. The molecule has 1 rings (SSSR count). The van der Waals surface area contributed by atoms with Crippen molar-refractivity contribution in [3.63, 3.8) is 0 Å². The minimum Gasteiger partial charge on any atom is -0.355 e. The molecule has 1 aliphatic rings. The van der Waals surface area contributed by atoms with Gasteiger partial charge >= 0.3 is 0 Å². The zero-order chi connectivity index (χ0) is 14.8. The molecule has 0 aliphatic heterocycles. The van der Waals surface area contributed by atoms with Gasteiger partial charge in [0.15, 0.2) is 0 Å². The van der Waals surface area contributed by atoms with E-state index in [0.29, 0.717) is 6.54 Å². The molecule has 1 aliphatic carbocycles. The van der Waals surface area contributed by atoms with Crippen LogP contribution >= 0.6 is 0 Å². The van der Waals surface area contributed by atoms with Gasteiger partial charge in [0.1, 0.15) is 6.04 Å². The average Bonchev–Trinajstić information content (AvgIpc) is 2.79. The number of amides is 2. The Labute approximate surface area is 116 Å². The van der Waals surface area contributed by atoms with Gasteiger partial charge in [-0.05, 0) is 39.0 Å². The first-order valence-electron chi connectivity index (χ1n) is 6.94. The van der Waals surface area contributed by atoms with Crippen molar-refractivity contribution in [2.24, 2.45) is 17.3 Å². The summed E-state index contributed by atoms with van der Waals surface area (Å²) in [6.45, 7) is 12.4. The van der Waals surface area contributed by atoms with Gasteiger partial charge in [-0.3, -0.25) is 9.59 Å². The Morgan fingerprint density at radius 1 is 1.32 bits per heavy atom. The first kappa shape index (κ1) is 15.7. The van der Waals surface area contributed by atoms with E-state index in [1.165, 1.54) is 5.57 Å². The number of nitrogens with one attached hydrogen (secondary N) is 2. The third-order valence-electron chi connectivity index (χ3n) is 3.81. The molecule has 0 heterocycles. The number of hydrogen-bond donors (Lipinski definition) is 2. The molecule has 4 nitrogen and oxygen atoms in total. The van der Waals surface area contributed by atoms with Crippen LogP contribution in [0.4, 0.5) is 0 Å². The number of likely N-dealkylation sites (N-methyl/N-ethyl adjacent to an activating group) is 1. The SMILES string of the molecule is CCNC(=O)C(C)NC(=O)C1C(C=C(C)C)C1(C)C. The fraction of sp³-hybridized carbons (Fsp3) is 0.733. The summed E-state index contributed by atoms with van der Waals surface area (Å²) in [7, 11) is 0. The van der Waals surface area contributed by atoms with Crippen LogP contribution in [0.5, 0.6) is 0 Å². The second kappa shape index (κ2) is 5.76. The van der Waals surface area contributed by atoms with Gasteiger partial charge in [0.25, 0.3) is 0 Å². The molecular formula is C15H26N2O2. The van der Waals surface area contributed by atoms with Crippen molar-refractivity contribution in [3.05, 3.63) is 11.6 Å². The van der Waals surface area contributed by atoms with Crippen LogP contribution in [-0.2, 0) is 9.59 Å². The molecule has 1 saturated carbocycles. The molecule has 2 amide bonds. The van der Waals surface area contributed by atoms with Gasteiger partial charge in [0.05, 0.1) is 5.92 Å². The van der Waals surface area contributed by atoms with Crippen molar-refractivity contribution in [1.29, 1.82) is 0 Å². The lowest BCUT2D eigenvalue weighted by atomic mass is 10.1. The van der Waals surface area contributed by atoms with Crippen LogP contribution in [-0.4, -0.2) is 24.4 Å². The Hall–Kier alpha value is -1.32. The van der Waals surface area contributed by atoms with Crippen LogP contribution in [0.2, 0.25) is 0 Å². The van der Waals surface area contributed by atoms with E-state index in [0.717, 1.165) is 0 Å². The Morgan fingerprint density at radius 3 is 2.37 bits per heavy atom. The molecule has 0 saturated heterocycles. The van der Waals surface area contributed by atoms with E-state index in [2.05, 4.69) is 30.6 Å². The van der Waals surface area contributed by atoms with Crippen LogP contribution < -0.4 is 10.6 Å². The number of hydrogen-bond acceptors (Lipinski definition) is 2. The van der Waals surface area contributed by atoms with Crippen LogP contribution in [0.25, 0.3) is 0 Å². The lowest BCUT2D eigenvalue weighted by molar-refractivity contribution is -0.129. The summed E-state index contributed by atoms with van der Waals surface area (Å²) in [6, 6.07) is -0.476. The average molecular weight is 266 g/mol. The fourth-order valence-corrected chi connectivity index (χ4v) is 2.54. The zero-order valence-electron chi connectivity index (χ0n) is 12.8. The Morgan fingerprint density at radius 2 is 1.89 bits per heavy atom. The predicted octanol–water partition coefficient (Wildman–Crippen LogP) is 1.87. The van der Waals surface area contributed by atoms with E-state index in [1.807, 2.05) is 20.8 Å². The highest BCUT2D eigenvalue weighted by atomic mass is 16.2. The van der Waals surface area contributed by atoms with E-state index in [4.69, 9.17) is 0 Å². The molecular weight excluding hydrogens is 240 g/mol. The first-order valence-corrected chi connectivity index (χ1v) is 6.94. The summed E-state index contributed by atoms with van der Waals surface area (Å²) in [4.78, 5) is 23.8. The third-order valence-corrected chi connectivity index (χ3v) is 3.81. The Kier molecular flexibility index (Phi) is 4.77. The van der Waals surface area contributed by atoms with Gasteiger partial charge in [-0.15, -0.1) is 0 Å². The molecule has 0 spiro atoms. The van der Waals surface area contributed by atoms with Crippen LogP contribution in [0.3, 0.4) is 0 Å². The molecule has 0 aromatic carbocycles. The van der Waals surface area contributed by atoms with Gasteiger partial charge in [-0.25, -0.2) is 0 Å². The molecule has 2 N–H and O–H groups in total. The van der Waals surface area contributed by atoms with Crippen molar-refractivity contribution >= 4 is 11.8 Å². The molecule has 0 aromatic rings. The number of rotatable bonds is 5. The summed E-state index contributed by atoms with van der Waals surface area (Å²) in [5.41, 5.74) is 1.22. The minimum atomic E-state index is -0.476. The van der Waals surface area contributed by atoms with Crippen molar-refractivity contribution < 1.29 is 9.59 Å². The lowest BCUT2D eigenvalue weighted by Crippen LogP contribution is -2.45. The molecule has 19 heavy (non-hydrogen) atoms. The normalized spacial score (nSPS) is 25.2. The Balaban J connectivity index is 2.61. The van der Waals surface area contributed by atoms with E-state index in [-0.39, 0.29) is 29.1 Å². The highest BCUT2D eigenvalue weighted by Gasteiger charge is 2.60. The number of allylic oxidation sites excluding steroid dienone is 2. The molecule has 108 valence electrons. The van der Waals surface area contributed by atoms with E-state index >= 15 is 0 Å². The van der Waals surface area contributed by atoms with Crippen molar-refractivity contribution in [2.75, 3.05) is 6.54 Å². The van der Waals surface area contributed by atoms with E-state index < -0.39 is 6.04 Å². The van der Waals surface area contributed by atoms with Crippen molar-refractivity contribution in [3.8, 4) is 0 Å². The molecule has 3 atom stereocenters. The van der Waals surface area contributed by atoms with Gasteiger partial charge in [0, 0.05) is 6.54 Å². The van der Waals surface area contributed by atoms with Crippen molar-refractivity contribution in [2.45, 2.75) is 47.6 Å². The standard InChI is InChI=1S/C15H26N2O2/c1-7-16-13(18)10(4)17-14(19)12-11(8-9(2)3)15(12,5)6/h8,10-12H,7H2,1-6H3,(H,16,18)(H,17,19).